The second-order valence-corrected chi connectivity index (χ2v) is 9.57. The van der Waals surface area contributed by atoms with Crippen LogP contribution in [-0.2, 0) is 19.2 Å². The zero-order valence-electron chi connectivity index (χ0n) is 18.4. The Hall–Kier alpha value is -2.24. The van der Waals surface area contributed by atoms with Gasteiger partial charge in [0, 0.05) is 25.6 Å². The van der Waals surface area contributed by atoms with E-state index < -0.39 is 47.1 Å². The van der Waals surface area contributed by atoms with Crippen LogP contribution in [0.2, 0.25) is 0 Å². The first-order valence-corrected chi connectivity index (χ1v) is 10.6. The molecule has 0 aromatic rings. The summed E-state index contributed by atoms with van der Waals surface area (Å²) in [6, 6.07) is -1.73. The van der Waals surface area contributed by atoms with Crippen molar-refractivity contribution in [2.24, 2.45) is 22.8 Å². The van der Waals surface area contributed by atoms with Crippen molar-refractivity contribution in [2.75, 3.05) is 26.2 Å². The third kappa shape index (κ3) is 3.30. The van der Waals surface area contributed by atoms with E-state index in [9.17, 15) is 29.4 Å². The molecule has 2 unspecified atom stereocenters. The Kier molecular flexibility index (Phi) is 5.83. The number of nitrogens with two attached hydrogens (primary N) is 2. The summed E-state index contributed by atoms with van der Waals surface area (Å²) in [6.45, 7) is 6.83. The molecule has 3 heterocycles. The van der Waals surface area contributed by atoms with Gasteiger partial charge in [0.2, 0.25) is 17.7 Å². The van der Waals surface area contributed by atoms with Gasteiger partial charge in [0.25, 0.3) is 5.91 Å². The Labute approximate surface area is 181 Å². The lowest BCUT2D eigenvalue weighted by Gasteiger charge is -2.55. The monoisotopic (exact) mass is 439 g/mol. The van der Waals surface area contributed by atoms with E-state index in [4.69, 9.17) is 11.5 Å². The number of amides is 4. The maximum absolute atomic E-state index is 13.3. The summed E-state index contributed by atoms with van der Waals surface area (Å²) in [5.74, 6) is -2.15. The van der Waals surface area contributed by atoms with Crippen LogP contribution in [-0.4, -0.2) is 105 Å². The van der Waals surface area contributed by atoms with Crippen molar-refractivity contribution in [3.63, 3.8) is 0 Å². The number of rotatable bonds is 7. The molecule has 3 rings (SSSR count). The van der Waals surface area contributed by atoms with Crippen LogP contribution in [0.5, 0.6) is 0 Å². The molecule has 11 nitrogen and oxygen atoms in total. The third-order valence-corrected chi connectivity index (χ3v) is 6.93. The number of aliphatic hydroxyl groups excluding tert-OH is 2. The number of nitrogens with zero attached hydrogens (tertiary/aromatic N) is 3. The molecule has 6 N–H and O–H groups in total. The van der Waals surface area contributed by atoms with E-state index >= 15 is 0 Å². The average molecular weight is 440 g/mol. The van der Waals surface area contributed by atoms with Gasteiger partial charge in [0.15, 0.2) is 0 Å². The SMILES string of the molecule is CC(C)C(=O)N1CC2(CN([C@H](C(N)=O)[C@@H](C)O)C2=O)CC12CN([C@H](CN)[C@@H](C)O)C2=O. The minimum atomic E-state index is -1.17. The maximum atomic E-state index is 13.3. The molecule has 174 valence electrons. The van der Waals surface area contributed by atoms with Crippen molar-refractivity contribution < 1.29 is 29.4 Å². The number of β-lactam (4-membered cyclic amide) rings is 2. The summed E-state index contributed by atoms with van der Waals surface area (Å²) in [7, 11) is 0. The zero-order valence-corrected chi connectivity index (χ0v) is 18.4. The average Bonchev–Trinajstić information content (AvgIpc) is 3.05. The van der Waals surface area contributed by atoms with Gasteiger partial charge >= 0.3 is 0 Å². The maximum Gasteiger partial charge on any atom is 0.250 e. The number of hydrogen-bond donors (Lipinski definition) is 4. The van der Waals surface area contributed by atoms with E-state index in [1.807, 2.05) is 0 Å². The largest absolute Gasteiger partial charge is 0.391 e. The number of carbonyl (C=O) groups is 4. The van der Waals surface area contributed by atoms with Crippen LogP contribution in [0, 0.1) is 11.3 Å². The topological polar surface area (TPSA) is 170 Å². The van der Waals surface area contributed by atoms with Gasteiger partial charge in [-0.25, -0.2) is 0 Å². The highest BCUT2D eigenvalue weighted by molar-refractivity contribution is 6.02. The normalized spacial score (nSPS) is 31.7. The van der Waals surface area contributed by atoms with E-state index in [1.165, 1.54) is 21.6 Å². The second kappa shape index (κ2) is 7.72. The van der Waals surface area contributed by atoms with Gasteiger partial charge in [-0.1, -0.05) is 13.8 Å². The van der Waals surface area contributed by atoms with E-state index in [1.54, 1.807) is 20.8 Å². The van der Waals surface area contributed by atoms with Crippen molar-refractivity contribution in [1.82, 2.24) is 14.7 Å². The summed E-state index contributed by atoms with van der Waals surface area (Å²) < 4.78 is 0. The molecule has 31 heavy (non-hydrogen) atoms. The first kappa shape index (κ1) is 23.4. The number of hydrogen-bond acceptors (Lipinski definition) is 7. The Morgan fingerprint density at radius 2 is 1.61 bits per heavy atom. The molecule has 0 aliphatic carbocycles. The minimum Gasteiger partial charge on any atom is -0.391 e. The van der Waals surface area contributed by atoms with Crippen molar-refractivity contribution in [3.8, 4) is 0 Å². The van der Waals surface area contributed by atoms with Gasteiger partial charge in [-0.2, -0.15) is 0 Å². The molecule has 0 aromatic heterocycles. The molecule has 0 radical (unpaired) electrons. The smallest absolute Gasteiger partial charge is 0.250 e. The quantitative estimate of drug-likeness (QED) is 0.311. The summed E-state index contributed by atoms with van der Waals surface area (Å²) >= 11 is 0. The molecule has 11 heteroatoms. The lowest BCUT2D eigenvalue weighted by molar-refractivity contribution is -0.176. The van der Waals surface area contributed by atoms with Crippen molar-refractivity contribution in [1.29, 1.82) is 0 Å². The van der Waals surface area contributed by atoms with Gasteiger partial charge in [0.1, 0.15) is 11.6 Å². The van der Waals surface area contributed by atoms with E-state index in [-0.39, 0.29) is 50.3 Å². The number of likely N-dealkylation sites (tertiary alicyclic amines) is 3. The van der Waals surface area contributed by atoms with E-state index in [2.05, 4.69) is 0 Å². The van der Waals surface area contributed by atoms with Gasteiger partial charge < -0.3 is 36.4 Å². The van der Waals surface area contributed by atoms with Gasteiger partial charge in [0.05, 0.1) is 30.2 Å². The predicted octanol–water partition coefficient (Wildman–Crippen LogP) is -2.77. The second-order valence-electron chi connectivity index (χ2n) is 9.57. The van der Waals surface area contributed by atoms with Crippen LogP contribution >= 0.6 is 0 Å². The number of primary amides is 1. The predicted molar refractivity (Wildman–Crippen MR) is 109 cm³/mol. The van der Waals surface area contributed by atoms with Crippen LogP contribution in [0.15, 0.2) is 0 Å². The molecule has 3 fully saturated rings. The van der Waals surface area contributed by atoms with E-state index in [0.29, 0.717) is 0 Å². The summed E-state index contributed by atoms with van der Waals surface area (Å²) in [4.78, 5) is 55.4. The zero-order chi connectivity index (χ0) is 23.5. The minimum absolute atomic E-state index is 0.0617. The van der Waals surface area contributed by atoms with Crippen LogP contribution in [0.25, 0.3) is 0 Å². The van der Waals surface area contributed by atoms with Crippen molar-refractivity contribution >= 4 is 23.6 Å². The summed E-state index contributed by atoms with van der Waals surface area (Å²) in [5.41, 5.74) is 8.93. The Bertz CT molecular complexity index is 801. The van der Waals surface area contributed by atoms with Crippen molar-refractivity contribution in [3.05, 3.63) is 0 Å². The highest BCUT2D eigenvalue weighted by Crippen LogP contribution is 2.53. The third-order valence-electron chi connectivity index (χ3n) is 6.93. The van der Waals surface area contributed by atoms with Gasteiger partial charge in [-0.3, -0.25) is 19.2 Å². The fourth-order valence-electron chi connectivity index (χ4n) is 5.35. The fourth-order valence-corrected chi connectivity index (χ4v) is 5.35. The van der Waals surface area contributed by atoms with Gasteiger partial charge in [-0.05, 0) is 20.3 Å². The first-order valence-electron chi connectivity index (χ1n) is 10.6. The Balaban J connectivity index is 1.89. The number of aliphatic hydroxyl groups is 2. The molecule has 0 bridgehead atoms. The first-order chi connectivity index (χ1) is 14.3. The van der Waals surface area contributed by atoms with Crippen molar-refractivity contribution in [2.45, 2.75) is 63.9 Å². The highest BCUT2D eigenvalue weighted by atomic mass is 16.3. The van der Waals surface area contributed by atoms with Crippen LogP contribution in [0.4, 0.5) is 0 Å². The Morgan fingerprint density at radius 1 is 1.00 bits per heavy atom. The fraction of sp³-hybridized carbons (Fsp3) is 0.800. The molecule has 3 aliphatic heterocycles. The number of carbonyl (C=O) groups excluding carboxylic acids is 4. The molecular formula is C20H33N5O6. The molecule has 0 saturated carbocycles. The molecule has 3 aliphatic rings. The summed E-state index contributed by atoms with van der Waals surface area (Å²) in [5, 5.41) is 19.9. The van der Waals surface area contributed by atoms with E-state index in [0.717, 1.165) is 0 Å². The van der Waals surface area contributed by atoms with Crippen LogP contribution < -0.4 is 11.5 Å². The molecule has 6 atom stereocenters. The lowest BCUT2D eigenvalue weighted by atomic mass is 9.70. The molecule has 0 aromatic carbocycles. The molecule has 3 saturated heterocycles. The van der Waals surface area contributed by atoms with Crippen LogP contribution in [0.3, 0.4) is 0 Å². The standard InChI is InChI=1S/C20H33N5O6/c1-10(2)16(29)25-8-19(7-24(17(19)30)14(12(4)27)15(22)28)6-20(25)9-23(18(20)31)13(5-21)11(3)26/h10-14,26-27H,5-9,21H2,1-4H3,(H2,22,28)/t11-,12-,13-,14+,19?,20?/m1/s1. The highest BCUT2D eigenvalue weighted by Gasteiger charge is 2.72. The van der Waals surface area contributed by atoms with Crippen LogP contribution in [0.1, 0.15) is 34.1 Å². The Morgan fingerprint density at radius 3 is 2.00 bits per heavy atom. The molecule has 2 spiro atoms. The summed E-state index contributed by atoms with van der Waals surface area (Å²) in [6.07, 6.45) is -1.84. The van der Waals surface area contributed by atoms with Gasteiger partial charge in [-0.15, -0.1) is 0 Å². The molecule has 4 amide bonds. The molecular weight excluding hydrogens is 406 g/mol. The lowest BCUT2D eigenvalue weighted by Crippen LogP contribution is -2.77.